The second-order valence-corrected chi connectivity index (χ2v) is 6.02. The molecule has 0 aliphatic heterocycles. The zero-order chi connectivity index (χ0) is 19.5. The summed E-state index contributed by atoms with van der Waals surface area (Å²) in [5.41, 5.74) is 1.68. The highest BCUT2D eigenvalue weighted by Crippen LogP contribution is 2.05. The largest absolute Gasteiger partial charge is 0.445 e. The number of alkyl carbamates (subject to hydrolysis) is 1. The number of hydrogen-bond donors (Lipinski definition) is 4. The van der Waals surface area contributed by atoms with Gasteiger partial charge in [-0.15, -0.1) is 0 Å². The zero-order valence-electron chi connectivity index (χ0n) is 14.9. The van der Waals surface area contributed by atoms with E-state index in [-0.39, 0.29) is 13.0 Å². The Labute approximate surface area is 158 Å². The number of amides is 2. The van der Waals surface area contributed by atoms with Crippen LogP contribution in [-0.2, 0) is 22.6 Å². The summed E-state index contributed by atoms with van der Waals surface area (Å²) in [7, 11) is 0. The van der Waals surface area contributed by atoms with Gasteiger partial charge in [0.2, 0.25) is 5.91 Å². The van der Waals surface area contributed by atoms with Gasteiger partial charge < -0.3 is 25.6 Å². The predicted octanol–water partition coefficient (Wildman–Crippen LogP) is 0.993. The Morgan fingerprint density at radius 2 is 1.41 bits per heavy atom. The Kier molecular flexibility index (Phi) is 8.28. The van der Waals surface area contributed by atoms with E-state index in [0.29, 0.717) is 0 Å². The first-order chi connectivity index (χ1) is 13.1. The number of carbonyl (C=O) groups excluding carboxylic acids is 2. The van der Waals surface area contributed by atoms with Crippen molar-refractivity contribution in [2.24, 2.45) is 0 Å². The number of rotatable bonds is 9. The Morgan fingerprint density at radius 3 is 1.96 bits per heavy atom. The second kappa shape index (κ2) is 10.9. The molecule has 0 radical (unpaired) electrons. The normalized spacial score (nSPS) is 11.7. The van der Waals surface area contributed by atoms with Gasteiger partial charge >= 0.3 is 6.09 Å². The van der Waals surface area contributed by atoms with Gasteiger partial charge in [-0.05, 0) is 11.1 Å². The van der Waals surface area contributed by atoms with Crippen molar-refractivity contribution in [2.75, 3.05) is 13.2 Å². The molecule has 2 amide bonds. The maximum Gasteiger partial charge on any atom is 0.408 e. The van der Waals surface area contributed by atoms with Gasteiger partial charge in [0.05, 0.1) is 19.3 Å². The van der Waals surface area contributed by atoms with E-state index in [2.05, 4.69) is 10.6 Å². The summed E-state index contributed by atoms with van der Waals surface area (Å²) in [4.78, 5) is 24.6. The SMILES string of the molecule is O=C(N[C@@H](Cc1ccccc1)C(=O)NC(CO)CO)OCc1ccccc1. The molecule has 0 heterocycles. The lowest BCUT2D eigenvalue weighted by molar-refractivity contribution is -0.124. The molecule has 7 heteroatoms. The van der Waals surface area contributed by atoms with Crippen LogP contribution < -0.4 is 10.6 Å². The summed E-state index contributed by atoms with van der Waals surface area (Å²) in [6, 6.07) is 16.7. The van der Waals surface area contributed by atoms with E-state index in [1.54, 1.807) is 0 Å². The fraction of sp³-hybridized carbons (Fsp3) is 0.300. The highest BCUT2D eigenvalue weighted by atomic mass is 16.5. The third kappa shape index (κ3) is 7.08. The van der Waals surface area contributed by atoms with Gasteiger partial charge in [0.25, 0.3) is 0 Å². The van der Waals surface area contributed by atoms with Crippen LogP contribution in [0.5, 0.6) is 0 Å². The minimum Gasteiger partial charge on any atom is -0.445 e. The molecule has 0 aliphatic rings. The number of aliphatic hydroxyl groups is 2. The molecule has 0 spiro atoms. The summed E-state index contributed by atoms with van der Waals surface area (Å²) in [5.74, 6) is -0.511. The lowest BCUT2D eigenvalue weighted by atomic mass is 10.1. The monoisotopic (exact) mass is 372 g/mol. The summed E-state index contributed by atoms with van der Waals surface area (Å²) in [6.07, 6.45) is -0.476. The number of ether oxygens (including phenoxy) is 1. The van der Waals surface area contributed by atoms with Crippen LogP contribution in [0.25, 0.3) is 0 Å². The third-order valence-electron chi connectivity index (χ3n) is 3.89. The number of nitrogens with one attached hydrogen (secondary N) is 2. The summed E-state index contributed by atoms with van der Waals surface area (Å²) >= 11 is 0. The van der Waals surface area contributed by atoms with Crippen LogP contribution in [0.15, 0.2) is 60.7 Å². The molecular weight excluding hydrogens is 348 g/mol. The Bertz CT molecular complexity index is 705. The average molecular weight is 372 g/mol. The van der Waals surface area contributed by atoms with Crippen LogP contribution >= 0.6 is 0 Å². The maximum atomic E-state index is 12.5. The predicted molar refractivity (Wildman–Crippen MR) is 99.8 cm³/mol. The van der Waals surface area contributed by atoms with Crippen molar-refractivity contribution in [3.8, 4) is 0 Å². The molecule has 144 valence electrons. The summed E-state index contributed by atoms with van der Waals surface area (Å²) in [6.45, 7) is -0.722. The smallest absolute Gasteiger partial charge is 0.408 e. The van der Waals surface area contributed by atoms with Crippen molar-refractivity contribution in [1.82, 2.24) is 10.6 Å². The second-order valence-electron chi connectivity index (χ2n) is 6.02. The van der Waals surface area contributed by atoms with Gasteiger partial charge in [-0.1, -0.05) is 60.7 Å². The fourth-order valence-electron chi connectivity index (χ4n) is 2.42. The van der Waals surface area contributed by atoms with Gasteiger partial charge in [-0.25, -0.2) is 4.79 Å². The number of aliphatic hydroxyl groups excluding tert-OH is 2. The molecule has 27 heavy (non-hydrogen) atoms. The molecule has 2 rings (SSSR count). The van der Waals surface area contributed by atoms with Crippen LogP contribution in [0.4, 0.5) is 4.79 Å². The standard InChI is InChI=1S/C20H24N2O5/c23-12-17(13-24)21-19(25)18(11-15-7-3-1-4-8-15)22-20(26)27-14-16-9-5-2-6-10-16/h1-10,17-18,23-24H,11-14H2,(H,21,25)(H,22,26)/t18-/m0/s1. The van der Waals surface area contributed by atoms with Crippen LogP contribution in [0.2, 0.25) is 0 Å². The number of hydrogen-bond acceptors (Lipinski definition) is 5. The van der Waals surface area contributed by atoms with Gasteiger partial charge in [0.1, 0.15) is 12.6 Å². The lowest BCUT2D eigenvalue weighted by Crippen LogP contribution is -2.52. The molecule has 2 aromatic rings. The van der Waals surface area contributed by atoms with E-state index in [4.69, 9.17) is 14.9 Å². The Balaban J connectivity index is 1.99. The highest BCUT2D eigenvalue weighted by Gasteiger charge is 2.24. The van der Waals surface area contributed by atoms with Gasteiger partial charge in [-0.3, -0.25) is 4.79 Å². The first-order valence-electron chi connectivity index (χ1n) is 8.65. The molecule has 0 aliphatic carbocycles. The van der Waals surface area contributed by atoms with Crippen LogP contribution in [0, 0.1) is 0 Å². The van der Waals surface area contributed by atoms with Crippen molar-refractivity contribution in [2.45, 2.75) is 25.1 Å². The van der Waals surface area contributed by atoms with Crippen molar-refractivity contribution in [1.29, 1.82) is 0 Å². The number of carbonyl (C=O) groups is 2. The van der Waals surface area contributed by atoms with Crippen molar-refractivity contribution in [3.05, 3.63) is 71.8 Å². The van der Waals surface area contributed by atoms with Crippen LogP contribution in [-0.4, -0.2) is 47.5 Å². The van der Waals surface area contributed by atoms with Gasteiger partial charge in [-0.2, -0.15) is 0 Å². The van der Waals surface area contributed by atoms with E-state index >= 15 is 0 Å². The minimum absolute atomic E-state index is 0.0856. The van der Waals surface area contributed by atoms with E-state index in [1.165, 1.54) is 0 Å². The molecule has 7 nitrogen and oxygen atoms in total. The molecule has 0 unspecified atom stereocenters. The van der Waals surface area contributed by atoms with E-state index in [0.717, 1.165) is 11.1 Å². The van der Waals surface area contributed by atoms with Crippen LogP contribution in [0.3, 0.4) is 0 Å². The summed E-state index contributed by atoms with van der Waals surface area (Å²) in [5, 5.41) is 23.4. The van der Waals surface area contributed by atoms with Crippen molar-refractivity contribution >= 4 is 12.0 Å². The molecule has 0 saturated heterocycles. The molecule has 1 atom stereocenters. The van der Waals surface area contributed by atoms with E-state index in [9.17, 15) is 9.59 Å². The average Bonchev–Trinajstić information content (AvgIpc) is 2.71. The van der Waals surface area contributed by atoms with Crippen molar-refractivity contribution < 1.29 is 24.5 Å². The number of benzene rings is 2. The minimum atomic E-state index is -0.906. The topological polar surface area (TPSA) is 108 Å². The molecule has 0 saturated carbocycles. The molecule has 0 fully saturated rings. The van der Waals surface area contributed by atoms with Gasteiger partial charge in [0.15, 0.2) is 0 Å². The summed E-state index contributed by atoms with van der Waals surface area (Å²) < 4.78 is 5.18. The molecule has 0 aromatic heterocycles. The fourth-order valence-corrected chi connectivity index (χ4v) is 2.42. The third-order valence-corrected chi connectivity index (χ3v) is 3.89. The highest BCUT2D eigenvalue weighted by molar-refractivity contribution is 5.86. The van der Waals surface area contributed by atoms with E-state index in [1.807, 2.05) is 60.7 Å². The lowest BCUT2D eigenvalue weighted by Gasteiger charge is -2.21. The first-order valence-corrected chi connectivity index (χ1v) is 8.65. The quantitative estimate of drug-likeness (QED) is 0.525. The Hall–Kier alpha value is -2.90. The van der Waals surface area contributed by atoms with E-state index < -0.39 is 37.3 Å². The van der Waals surface area contributed by atoms with Gasteiger partial charge in [0, 0.05) is 6.42 Å². The molecule has 4 N–H and O–H groups in total. The Morgan fingerprint density at radius 1 is 0.852 bits per heavy atom. The molecule has 0 bridgehead atoms. The van der Waals surface area contributed by atoms with Crippen LogP contribution in [0.1, 0.15) is 11.1 Å². The molecule has 2 aromatic carbocycles. The van der Waals surface area contributed by atoms with Crippen molar-refractivity contribution in [3.63, 3.8) is 0 Å². The molecular formula is C20H24N2O5. The maximum absolute atomic E-state index is 12.5. The first kappa shape index (κ1) is 20.4. The zero-order valence-corrected chi connectivity index (χ0v) is 14.9.